The zero-order chi connectivity index (χ0) is 27.4. The molecule has 0 bridgehead atoms. The fourth-order valence-electron chi connectivity index (χ4n) is 4.27. The Bertz CT molecular complexity index is 1050. The minimum atomic E-state index is -0.571. The molecule has 1 saturated heterocycles. The van der Waals surface area contributed by atoms with E-state index < -0.39 is 5.60 Å². The summed E-state index contributed by atoms with van der Waals surface area (Å²) in [6.45, 7) is 17.9. The SMILES string of the molecule is CC(C)CN(C(=O)c1cnc(C(C)(C)C)nc1NCc1ccco1)C1CCCN(C(=O)OC(C)(C)C)C1. The van der Waals surface area contributed by atoms with Crippen molar-refractivity contribution in [2.24, 2.45) is 5.92 Å². The van der Waals surface area contributed by atoms with E-state index in [1.807, 2.05) is 58.6 Å². The smallest absolute Gasteiger partial charge is 0.410 e. The first-order valence-electron chi connectivity index (χ1n) is 13.2. The standard InChI is InChI=1S/C28H43N5O4/c1-19(2)17-33(20-11-9-13-32(18-20)26(35)37-28(6,7)8)24(34)22-16-30-25(27(3,4)5)31-23(22)29-15-21-12-10-14-36-21/h10,12,14,16,19-20H,9,11,13,15,17-18H2,1-8H3,(H,29,30,31). The van der Waals surface area contributed by atoms with Crippen LogP contribution >= 0.6 is 0 Å². The molecular weight excluding hydrogens is 470 g/mol. The van der Waals surface area contributed by atoms with E-state index in [4.69, 9.17) is 14.1 Å². The van der Waals surface area contributed by atoms with Gasteiger partial charge in [-0.25, -0.2) is 14.8 Å². The number of hydrogen-bond acceptors (Lipinski definition) is 7. The molecule has 2 amide bonds. The second-order valence-corrected chi connectivity index (χ2v) is 12.2. The van der Waals surface area contributed by atoms with Crippen molar-refractivity contribution in [3.8, 4) is 0 Å². The lowest BCUT2D eigenvalue weighted by molar-refractivity contribution is 0.00946. The summed E-state index contributed by atoms with van der Waals surface area (Å²) in [5.74, 6) is 1.97. The van der Waals surface area contributed by atoms with Crippen LogP contribution in [-0.2, 0) is 16.7 Å². The Morgan fingerprint density at radius 1 is 1.24 bits per heavy atom. The van der Waals surface area contributed by atoms with Crippen molar-refractivity contribution in [3.05, 3.63) is 41.7 Å². The predicted octanol–water partition coefficient (Wildman–Crippen LogP) is 5.48. The average Bonchev–Trinajstić information content (AvgIpc) is 3.32. The van der Waals surface area contributed by atoms with Gasteiger partial charge in [-0.15, -0.1) is 0 Å². The van der Waals surface area contributed by atoms with Crippen LogP contribution in [0.25, 0.3) is 0 Å². The third-order valence-electron chi connectivity index (χ3n) is 6.01. The van der Waals surface area contributed by atoms with Gasteiger partial charge in [0.25, 0.3) is 5.91 Å². The summed E-state index contributed by atoms with van der Waals surface area (Å²) < 4.78 is 11.1. The Labute approximate surface area is 221 Å². The van der Waals surface area contributed by atoms with Crippen LogP contribution in [0.2, 0.25) is 0 Å². The van der Waals surface area contributed by atoms with Gasteiger partial charge < -0.3 is 24.3 Å². The monoisotopic (exact) mass is 513 g/mol. The maximum Gasteiger partial charge on any atom is 0.410 e. The van der Waals surface area contributed by atoms with Gasteiger partial charge in [-0.1, -0.05) is 34.6 Å². The van der Waals surface area contributed by atoms with E-state index in [1.165, 1.54) is 0 Å². The largest absolute Gasteiger partial charge is 0.467 e. The zero-order valence-electron chi connectivity index (χ0n) is 23.6. The molecule has 0 spiro atoms. The molecule has 1 fully saturated rings. The highest BCUT2D eigenvalue weighted by molar-refractivity contribution is 5.98. The second-order valence-electron chi connectivity index (χ2n) is 12.2. The van der Waals surface area contributed by atoms with Crippen LogP contribution in [-0.4, -0.2) is 63.0 Å². The Morgan fingerprint density at radius 3 is 2.57 bits per heavy atom. The number of nitrogens with one attached hydrogen (secondary N) is 1. The number of rotatable bonds is 7. The number of ether oxygens (including phenoxy) is 1. The molecule has 1 aliphatic rings. The zero-order valence-corrected chi connectivity index (χ0v) is 23.6. The van der Waals surface area contributed by atoms with Gasteiger partial charge in [-0.05, 0) is 51.7 Å². The summed E-state index contributed by atoms with van der Waals surface area (Å²) in [7, 11) is 0. The molecular formula is C28H43N5O4. The van der Waals surface area contributed by atoms with Crippen LogP contribution < -0.4 is 5.32 Å². The molecule has 0 aromatic carbocycles. The van der Waals surface area contributed by atoms with Gasteiger partial charge in [-0.2, -0.15) is 0 Å². The molecule has 1 aliphatic heterocycles. The molecule has 2 aromatic heterocycles. The second kappa shape index (κ2) is 11.5. The molecule has 9 heteroatoms. The summed E-state index contributed by atoms with van der Waals surface area (Å²) in [4.78, 5) is 39.8. The van der Waals surface area contributed by atoms with E-state index in [0.29, 0.717) is 43.4 Å². The van der Waals surface area contributed by atoms with Gasteiger partial charge in [0.2, 0.25) is 0 Å². The Kier molecular flexibility index (Phi) is 8.87. The van der Waals surface area contributed by atoms with Crippen LogP contribution in [0.4, 0.5) is 10.6 Å². The van der Waals surface area contributed by atoms with Crippen molar-refractivity contribution in [2.75, 3.05) is 25.0 Å². The quantitative estimate of drug-likeness (QED) is 0.523. The molecule has 1 atom stereocenters. The molecule has 1 N–H and O–H groups in total. The molecule has 0 aliphatic carbocycles. The molecule has 1 unspecified atom stereocenters. The Hall–Kier alpha value is -3.10. The Balaban J connectivity index is 1.90. The van der Waals surface area contributed by atoms with Gasteiger partial charge in [0, 0.05) is 37.3 Å². The number of furan rings is 1. The minimum Gasteiger partial charge on any atom is -0.467 e. The van der Waals surface area contributed by atoms with Gasteiger partial charge in [-0.3, -0.25) is 4.79 Å². The third kappa shape index (κ3) is 7.94. The summed E-state index contributed by atoms with van der Waals surface area (Å²) in [6.07, 6.45) is 4.52. The van der Waals surface area contributed by atoms with Crippen LogP contribution in [0.3, 0.4) is 0 Å². The first kappa shape index (κ1) is 28.5. The number of aromatic nitrogens is 2. The van der Waals surface area contributed by atoms with Crippen LogP contribution in [0.1, 0.15) is 90.2 Å². The fraction of sp³-hybridized carbons (Fsp3) is 0.643. The summed E-state index contributed by atoms with van der Waals surface area (Å²) in [5.41, 5.74) is -0.440. The molecule has 0 radical (unpaired) electrons. The van der Waals surface area contributed by atoms with Crippen molar-refractivity contribution in [1.82, 2.24) is 19.8 Å². The van der Waals surface area contributed by atoms with E-state index in [1.54, 1.807) is 17.4 Å². The summed E-state index contributed by atoms with van der Waals surface area (Å²) >= 11 is 0. The lowest BCUT2D eigenvalue weighted by Crippen LogP contribution is -2.53. The summed E-state index contributed by atoms with van der Waals surface area (Å²) in [5, 5.41) is 3.30. The summed E-state index contributed by atoms with van der Waals surface area (Å²) in [6, 6.07) is 3.57. The molecule has 3 rings (SSSR count). The molecule has 37 heavy (non-hydrogen) atoms. The topological polar surface area (TPSA) is 101 Å². The molecule has 2 aromatic rings. The van der Waals surface area contributed by atoms with E-state index in [2.05, 4.69) is 24.1 Å². The first-order valence-corrected chi connectivity index (χ1v) is 13.2. The minimum absolute atomic E-state index is 0.128. The van der Waals surface area contributed by atoms with Gasteiger partial charge in [0.1, 0.15) is 28.6 Å². The van der Waals surface area contributed by atoms with Crippen molar-refractivity contribution in [2.45, 2.75) is 91.8 Å². The number of carbonyl (C=O) groups excluding carboxylic acids is 2. The number of anilines is 1. The highest BCUT2D eigenvalue weighted by Crippen LogP contribution is 2.26. The van der Waals surface area contributed by atoms with E-state index in [0.717, 1.165) is 18.6 Å². The van der Waals surface area contributed by atoms with Crippen molar-refractivity contribution >= 4 is 17.8 Å². The Morgan fingerprint density at radius 2 is 1.97 bits per heavy atom. The van der Waals surface area contributed by atoms with Gasteiger partial charge in [0.05, 0.1) is 12.8 Å². The molecule has 9 nitrogen and oxygen atoms in total. The van der Waals surface area contributed by atoms with Crippen molar-refractivity contribution in [3.63, 3.8) is 0 Å². The third-order valence-corrected chi connectivity index (χ3v) is 6.01. The van der Waals surface area contributed by atoms with Gasteiger partial charge >= 0.3 is 6.09 Å². The predicted molar refractivity (Wildman–Crippen MR) is 143 cm³/mol. The van der Waals surface area contributed by atoms with Crippen LogP contribution in [0, 0.1) is 5.92 Å². The highest BCUT2D eigenvalue weighted by atomic mass is 16.6. The van der Waals surface area contributed by atoms with E-state index >= 15 is 0 Å². The molecule has 204 valence electrons. The van der Waals surface area contributed by atoms with Gasteiger partial charge in [0.15, 0.2) is 0 Å². The number of hydrogen-bond donors (Lipinski definition) is 1. The normalized spacial score (nSPS) is 16.6. The van der Waals surface area contributed by atoms with Crippen LogP contribution in [0.5, 0.6) is 0 Å². The fourth-order valence-corrected chi connectivity index (χ4v) is 4.27. The number of nitrogens with zero attached hydrogens (tertiary/aromatic N) is 4. The average molecular weight is 514 g/mol. The maximum absolute atomic E-state index is 14.1. The number of likely N-dealkylation sites (tertiary alicyclic amines) is 1. The lowest BCUT2D eigenvalue weighted by Gasteiger charge is -2.40. The van der Waals surface area contributed by atoms with Crippen LogP contribution in [0.15, 0.2) is 29.0 Å². The maximum atomic E-state index is 14.1. The van der Waals surface area contributed by atoms with E-state index in [-0.39, 0.29) is 29.4 Å². The highest BCUT2D eigenvalue weighted by Gasteiger charge is 2.34. The molecule has 3 heterocycles. The van der Waals surface area contributed by atoms with Crippen molar-refractivity contribution in [1.29, 1.82) is 0 Å². The number of amides is 2. The lowest BCUT2D eigenvalue weighted by atomic mass is 9.95. The first-order chi connectivity index (χ1) is 17.2. The number of carbonyl (C=O) groups is 2. The number of piperidine rings is 1. The molecule has 0 saturated carbocycles. The van der Waals surface area contributed by atoms with Crippen molar-refractivity contribution < 1.29 is 18.7 Å². The van der Waals surface area contributed by atoms with E-state index in [9.17, 15) is 9.59 Å².